The molecule has 1 aliphatic heterocycles. The summed E-state index contributed by atoms with van der Waals surface area (Å²) in [6.07, 6.45) is 1.33. The molecule has 16 heavy (non-hydrogen) atoms. The monoisotopic (exact) mass is 309 g/mol. The first-order valence-electron chi connectivity index (χ1n) is 5.19. The van der Waals surface area contributed by atoms with Gasteiger partial charge in [-0.15, -0.1) is 0 Å². The third kappa shape index (κ3) is 2.93. The van der Waals surface area contributed by atoms with Crippen molar-refractivity contribution in [1.29, 1.82) is 0 Å². The fourth-order valence-electron chi connectivity index (χ4n) is 1.99. The zero-order valence-electron chi connectivity index (χ0n) is 9.22. The molecule has 0 bridgehead atoms. The van der Waals surface area contributed by atoms with E-state index < -0.39 is 5.60 Å². The molecule has 0 saturated carbocycles. The molecule has 0 aliphatic carbocycles. The van der Waals surface area contributed by atoms with Crippen molar-refractivity contribution in [2.75, 3.05) is 0 Å². The summed E-state index contributed by atoms with van der Waals surface area (Å²) in [6.45, 7) is 5.83. The molecule has 0 aromatic heterocycles. The van der Waals surface area contributed by atoms with Gasteiger partial charge in [0.15, 0.2) is 0 Å². The Balaban J connectivity index is 0.00000128. The molecule has 1 saturated heterocycles. The SMILES string of the molecule is [CH2-]C1(C)OC(=O)CC1Cc1ccccc1.[Pd]. The third-order valence-electron chi connectivity index (χ3n) is 2.95. The molecule has 1 fully saturated rings. The number of carbonyl (C=O) groups is 1. The quantitative estimate of drug-likeness (QED) is 0.476. The predicted molar refractivity (Wildman–Crippen MR) is 58.1 cm³/mol. The van der Waals surface area contributed by atoms with E-state index in [1.165, 1.54) is 5.56 Å². The average molecular weight is 310 g/mol. The number of hydrogen-bond acceptors (Lipinski definition) is 2. The summed E-state index contributed by atoms with van der Waals surface area (Å²) >= 11 is 0. The first-order chi connectivity index (χ1) is 7.08. The van der Waals surface area contributed by atoms with Gasteiger partial charge >= 0.3 is 5.97 Å². The van der Waals surface area contributed by atoms with Crippen LogP contribution in [0.2, 0.25) is 0 Å². The summed E-state index contributed by atoms with van der Waals surface area (Å²) in [7, 11) is 0. The normalized spacial score (nSPS) is 28.4. The Morgan fingerprint density at radius 1 is 1.44 bits per heavy atom. The van der Waals surface area contributed by atoms with E-state index in [0.717, 1.165) is 6.42 Å². The van der Waals surface area contributed by atoms with Crippen molar-refractivity contribution < 1.29 is 30.0 Å². The van der Waals surface area contributed by atoms with Crippen LogP contribution in [0.1, 0.15) is 18.9 Å². The van der Waals surface area contributed by atoms with Crippen LogP contribution in [0.3, 0.4) is 0 Å². The third-order valence-corrected chi connectivity index (χ3v) is 2.95. The van der Waals surface area contributed by atoms with Gasteiger partial charge in [-0.2, -0.15) is 0 Å². The molecule has 2 unspecified atom stereocenters. The van der Waals surface area contributed by atoms with Gasteiger partial charge in [0.1, 0.15) is 0 Å². The standard InChI is InChI=1S/C13H15O2.Pd/c1-13(2)11(9-12(14)15-13)8-10-6-4-3-5-7-10;/h3-7,11H,1,8-9H2,2H3;/q-1;. The minimum absolute atomic E-state index is 0. The Morgan fingerprint density at radius 2 is 2.06 bits per heavy atom. The minimum Gasteiger partial charge on any atom is -0.492 e. The summed E-state index contributed by atoms with van der Waals surface area (Å²) in [5.41, 5.74) is 0.670. The maximum atomic E-state index is 11.2. The molecule has 1 heterocycles. The number of benzene rings is 1. The number of carbonyl (C=O) groups excluding carboxylic acids is 1. The van der Waals surface area contributed by atoms with Gasteiger partial charge in [-0.05, 0) is 23.5 Å². The summed E-state index contributed by atoms with van der Waals surface area (Å²) < 4.78 is 5.18. The van der Waals surface area contributed by atoms with E-state index in [0.29, 0.717) is 6.42 Å². The smallest absolute Gasteiger partial charge is 0.304 e. The average Bonchev–Trinajstić information content (AvgIpc) is 2.41. The van der Waals surface area contributed by atoms with Crippen molar-refractivity contribution in [3.8, 4) is 0 Å². The van der Waals surface area contributed by atoms with E-state index >= 15 is 0 Å². The number of cyclic esters (lactones) is 1. The van der Waals surface area contributed by atoms with Crippen LogP contribution in [-0.2, 0) is 36.4 Å². The van der Waals surface area contributed by atoms with Crippen molar-refractivity contribution in [2.24, 2.45) is 5.92 Å². The van der Waals surface area contributed by atoms with Gasteiger partial charge in [0.2, 0.25) is 0 Å². The maximum Gasteiger partial charge on any atom is 0.304 e. The topological polar surface area (TPSA) is 26.3 Å². The van der Waals surface area contributed by atoms with E-state index in [1.54, 1.807) is 0 Å². The molecule has 1 aliphatic rings. The van der Waals surface area contributed by atoms with Gasteiger partial charge in [0.05, 0.1) is 0 Å². The molecule has 2 rings (SSSR count). The fourth-order valence-corrected chi connectivity index (χ4v) is 1.99. The van der Waals surface area contributed by atoms with E-state index in [9.17, 15) is 4.79 Å². The van der Waals surface area contributed by atoms with Gasteiger partial charge in [-0.25, -0.2) is 0 Å². The molecule has 90 valence electrons. The Labute approximate surface area is 110 Å². The van der Waals surface area contributed by atoms with Gasteiger partial charge < -0.3 is 4.74 Å². The van der Waals surface area contributed by atoms with E-state index in [-0.39, 0.29) is 32.3 Å². The van der Waals surface area contributed by atoms with Gasteiger partial charge in [-0.1, -0.05) is 37.3 Å². The second-order valence-electron chi connectivity index (χ2n) is 4.38. The van der Waals surface area contributed by atoms with Crippen LogP contribution < -0.4 is 0 Å². The van der Waals surface area contributed by atoms with Crippen LogP contribution in [0.15, 0.2) is 30.3 Å². The Hall–Kier alpha value is -0.648. The molecule has 2 atom stereocenters. The van der Waals surface area contributed by atoms with E-state index in [1.807, 2.05) is 25.1 Å². The zero-order valence-corrected chi connectivity index (χ0v) is 10.8. The van der Waals surface area contributed by atoms with Gasteiger partial charge in [-0.3, -0.25) is 11.7 Å². The van der Waals surface area contributed by atoms with Crippen molar-refractivity contribution in [2.45, 2.75) is 25.4 Å². The Bertz CT molecular complexity index is 359. The van der Waals surface area contributed by atoms with Crippen LogP contribution >= 0.6 is 0 Å². The van der Waals surface area contributed by atoms with Crippen LogP contribution in [-0.4, -0.2) is 11.6 Å². The van der Waals surface area contributed by atoms with Crippen LogP contribution in [0.4, 0.5) is 0 Å². The van der Waals surface area contributed by atoms with Crippen LogP contribution in [0.25, 0.3) is 0 Å². The molecule has 3 heteroatoms. The fraction of sp³-hybridized carbons (Fsp3) is 0.385. The molecule has 0 N–H and O–H groups in total. The van der Waals surface area contributed by atoms with Gasteiger partial charge in [0.25, 0.3) is 0 Å². The Morgan fingerprint density at radius 3 is 2.56 bits per heavy atom. The minimum atomic E-state index is -0.563. The van der Waals surface area contributed by atoms with Crippen molar-refractivity contribution in [1.82, 2.24) is 0 Å². The van der Waals surface area contributed by atoms with Crippen molar-refractivity contribution in [3.05, 3.63) is 42.8 Å². The largest absolute Gasteiger partial charge is 0.492 e. The summed E-state index contributed by atoms with van der Waals surface area (Å²) in [5, 5.41) is 0. The summed E-state index contributed by atoms with van der Waals surface area (Å²) in [5.74, 6) is 0.0563. The molecular weight excluding hydrogens is 295 g/mol. The van der Waals surface area contributed by atoms with Crippen molar-refractivity contribution in [3.63, 3.8) is 0 Å². The predicted octanol–water partition coefficient (Wildman–Crippen LogP) is 2.38. The van der Waals surface area contributed by atoms with Gasteiger partial charge in [0, 0.05) is 26.8 Å². The zero-order chi connectivity index (χ0) is 10.9. The molecule has 2 nitrogen and oxygen atoms in total. The molecule has 1 aromatic carbocycles. The number of ether oxygens (including phenoxy) is 1. The molecule has 0 spiro atoms. The van der Waals surface area contributed by atoms with Crippen molar-refractivity contribution >= 4 is 5.97 Å². The Kier molecular flexibility index (Phi) is 4.29. The number of rotatable bonds is 2. The first-order valence-corrected chi connectivity index (χ1v) is 5.19. The molecular formula is C13H15O2Pd-. The summed E-state index contributed by atoms with van der Waals surface area (Å²) in [6, 6.07) is 10.1. The van der Waals surface area contributed by atoms with E-state index in [2.05, 4.69) is 19.1 Å². The second kappa shape index (κ2) is 5.12. The first kappa shape index (κ1) is 13.4. The maximum absolute atomic E-state index is 11.2. The summed E-state index contributed by atoms with van der Waals surface area (Å²) in [4.78, 5) is 11.2. The second-order valence-corrected chi connectivity index (χ2v) is 4.38. The van der Waals surface area contributed by atoms with Crippen LogP contribution in [0, 0.1) is 12.8 Å². The van der Waals surface area contributed by atoms with E-state index in [4.69, 9.17) is 4.74 Å². The molecule has 0 radical (unpaired) electrons. The number of hydrogen-bond donors (Lipinski definition) is 0. The molecule has 1 aromatic rings. The number of esters is 1. The van der Waals surface area contributed by atoms with Crippen LogP contribution in [0.5, 0.6) is 0 Å². The molecule has 0 amide bonds.